The predicted molar refractivity (Wildman–Crippen MR) is 56.2 cm³/mol. The summed E-state index contributed by atoms with van der Waals surface area (Å²) in [7, 11) is 0. The van der Waals surface area contributed by atoms with E-state index in [1.54, 1.807) is 0 Å². The Labute approximate surface area is 105 Å². The van der Waals surface area contributed by atoms with Crippen LogP contribution in [0.3, 0.4) is 0 Å². The van der Waals surface area contributed by atoms with Crippen molar-refractivity contribution >= 4 is 32.6 Å². The first-order valence-electron chi connectivity index (χ1n) is 4.32. The summed E-state index contributed by atoms with van der Waals surface area (Å²) in [5.41, 5.74) is -1.04. The van der Waals surface area contributed by atoms with Crippen LogP contribution < -0.4 is 0 Å². The van der Waals surface area contributed by atoms with Crippen molar-refractivity contribution in [2.24, 2.45) is 0 Å². The molecule has 0 bridgehead atoms. The van der Waals surface area contributed by atoms with Crippen LogP contribution in [0.15, 0.2) is 0 Å². The van der Waals surface area contributed by atoms with Crippen molar-refractivity contribution < 1.29 is 33.3 Å². The van der Waals surface area contributed by atoms with Crippen LogP contribution in [0, 0.1) is 26.8 Å². The zero-order valence-electron chi connectivity index (χ0n) is 8.52. The van der Waals surface area contributed by atoms with E-state index in [4.69, 9.17) is 0 Å². The molecule has 0 aliphatic carbocycles. The molecule has 0 amide bonds. The quantitative estimate of drug-likeness (QED) is 0.326. The Kier molecular flexibility index (Phi) is 3.17. The minimum atomic E-state index is -3.62. The fourth-order valence-electron chi connectivity index (χ4n) is 1.22. The summed E-state index contributed by atoms with van der Waals surface area (Å²) in [6.07, 6.45) is 0. The standard InChI is InChI=1S/C9H3F4IO4/c1-2(15)17-14-8-3(9(16)18-14)4(10)5(11)6(12)7(8)13/h1H3. The van der Waals surface area contributed by atoms with Gasteiger partial charge < -0.3 is 0 Å². The summed E-state index contributed by atoms with van der Waals surface area (Å²) < 4.78 is 60.9. The van der Waals surface area contributed by atoms with Crippen molar-refractivity contribution in [1.82, 2.24) is 0 Å². The van der Waals surface area contributed by atoms with Crippen LogP contribution in [0.4, 0.5) is 17.6 Å². The Morgan fingerprint density at radius 3 is 2.22 bits per heavy atom. The first-order valence-corrected chi connectivity index (χ1v) is 7.16. The first kappa shape index (κ1) is 13.1. The number of halogens is 5. The fourth-order valence-corrected chi connectivity index (χ4v) is 4.42. The monoisotopic (exact) mass is 378 g/mol. The van der Waals surface area contributed by atoms with Gasteiger partial charge in [-0.25, -0.2) is 0 Å². The summed E-state index contributed by atoms with van der Waals surface area (Å²) >= 11 is -3.62. The SMILES string of the molecule is CC(=O)OI1OC(=O)c2c(F)c(F)c(F)c(F)c21. The number of rotatable bonds is 1. The van der Waals surface area contributed by atoms with E-state index in [0.29, 0.717) is 0 Å². The molecule has 9 heteroatoms. The third-order valence-corrected chi connectivity index (χ3v) is 5.60. The summed E-state index contributed by atoms with van der Waals surface area (Å²) in [6, 6.07) is 0. The van der Waals surface area contributed by atoms with Gasteiger partial charge in [0.2, 0.25) is 0 Å². The average Bonchev–Trinajstić information content (AvgIpc) is 2.59. The second-order valence-corrected chi connectivity index (χ2v) is 6.30. The van der Waals surface area contributed by atoms with Gasteiger partial charge in [0.1, 0.15) is 0 Å². The minimum absolute atomic E-state index is 0.809. The molecule has 0 spiro atoms. The van der Waals surface area contributed by atoms with Crippen LogP contribution in [0.2, 0.25) is 0 Å². The molecular formula is C9H3F4IO4. The van der Waals surface area contributed by atoms with Gasteiger partial charge in [-0.15, -0.1) is 0 Å². The maximum atomic E-state index is 13.5. The van der Waals surface area contributed by atoms with Gasteiger partial charge in [0, 0.05) is 0 Å². The van der Waals surface area contributed by atoms with Crippen molar-refractivity contribution in [2.45, 2.75) is 6.92 Å². The molecule has 0 saturated heterocycles. The number of carbonyl (C=O) groups is 2. The summed E-state index contributed by atoms with van der Waals surface area (Å²) in [6.45, 7) is 0.956. The molecule has 1 aliphatic rings. The van der Waals surface area contributed by atoms with Gasteiger partial charge in [0.25, 0.3) is 0 Å². The third-order valence-electron chi connectivity index (χ3n) is 1.89. The normalized spacial score (nSPS) is 15.4. The van der Waals surface area contributed by atoms with Crippen molar-refractivity contribution in [1.29, 1.82) is 0 Å². The van der Waals surface area contributed by atoms with Crippen molar-refractivity contribution in [3.8, 4) is 0 Å². The molecule has 0 atom stereocenters. The van der Waals surface area contributed by atoms with E-state index in [2.05, 4.69) is 6.13 Å². The van der Waals surface area contributed by atoms with E-state index >= 15 is 0 Å². The number of hydrogen-bond acceptors (Lipinski definition) is 4. The maximum absolute atomic E-state index is 13.5. The van der Waals surface area contributed by atoms with E-state index in [9.17, 15) is 27.2 Å². The van der Waals surface area contributed by atoms with Crippen molar-refractivity contribution in [3.63, 3.8) is 0 Å². The molecule has 0 radical (unpaired) electrons. The van der Waals surface area contributed by atoms with Crippen LogP contribution in [-0.2, 0) is 10.9 Å². The van der Waals surface area contributed by atoms with Gasteiger partial charge >= 0.3 is 105 Å². The van der Waals surface area contributed by atoms with Gasteiger partial charge in [-0.3, -0.25) is 0 Å². The summed E-state index contributed by atoms with van der Waals surface area (Å²) in [4.78, 5) is 21.9. The molecule has 4 nitrogen and oxygen atoms in total. The zero-order valence-corrected chi connectivity index (χ0v) is 10.7. The van der Waals surface area contributed by atoms with E-state index < -0.39 is 65.0 Å². The van der Waals surface area contributed by atoms with Crippen LogP contribution in [0.25, 0.3) is 0 Å². The summed E-state index contributed by atoms with van der Waals surface area (Å²) in [5, 5.41) is 0. The Hall–Kier alpha value is -1.39. The Morgan fingerprint density at radius 1 is 1.11 bits per heavy atom. The molecule has 98 valence electrons. The molecule has 1 aliphatic heterocycles. The zero-order chi connectivity index (χ0) is 13.6. The third kappa shape index (κ3) is 1.82. The average molecular weight is 378 g/mol. The Morgan fingerprint density at radius 2 is 1.67 bits per heavy atom. The molecule has 0 fully saturated rings. The predicted octanol–water partition coefficient (Wildman–Crippen LogP) is 2.48. The Bertz CT molecular complexity index is 574. The van der Waals surface area contributed by atoms with Crippen LogP contribution in [-0.4, -0.2) is 11.9 Å². The number of hydrogen-bond donors (Lipinski definition) is 0. The van der Waals surface area contributed by atoms with Gasteiger partial charge in [-0.1, -0.05) is 0 Å². The number of benzene rings is 1. The van der Waals surface area contributed by atoms with E-state index in [0.717, 1.165) is 6.92 Å². The molecular weight excluding hydrogens is 375 g/mol. The van der Waals surface area contributed by atoms with E-state index in [-0.39, 0.29) is 0 Å². The molecule has 0 aromatic heterocycles. The molecule has 1 aromatic carbocycles. The van der Waals surface area contributed by atoms with Crippen molar-refractivity contribution in [3.05, 3.63) is 32.4 Å². The van der Waals surface area contributed by atoms with Crippen LogP contribution in [0.5, 0.6) is 0 Å². The molecule has 0 N–H and O–H groups in total. The molecule has 1 heterocycles. The second kappa shape index (κ2) is 4.37. The van der Waals surface area contributed by atoms with Crippen molar-refractivity contribution in [2.75, 3.05) is 0 Å². The molecule has 1 aromatic rings. The second-order valence-electron chi connectivity index (χ2n) is 3.10. The fraction of sp³-hybridized carbons (Fsp3) is 0.111. The number of carbonyl (C=O) groups excluding carboxylic acids is 2. The van der Waals surface area contributed by atoms with Crippen LogP contribution in [0.1, 0.15) is 17.3 Å². The molecule has 0 unspecified atom stereocenters. The van der Waals surface area contributed by atoms with E-state index in [1.165, 1.54) is 0 Å². The van der Waals surface area contributed by atoms with Gasteiger partial charge in [-0.05, 0) is 0 Å². The summed E-state index contributed by atoms with van der Waals surface area (Å²) in [5.74, 6) is -10.1. The van der Waals surface area contributed by atoms with Gasteiger partial charge in [0.15, 0.2) is 0 Å². The van der Waals surface area contributed by atoms with E-state index in [1.807, 2.05) is 0 Å². The van der Waals surface area contributed by atoms with Gasteiger partial charge in [-0.2, -0.15) is 0 Å². The van der Waals surface area contributed by atoms with Crippen LogP contribution >= 0.6 is 20.6 Å². The Balaban J connectivity index is 2.67. The molecule has 18 heavy (non-hydrogen) atoms. The van der Waals surface area contributed by atoms with Gasteiger partial charge in [0.05, 0.1) is 0 Å². The number of fused-ring (bicyclic) bond motifs is 1. The first-order chi connectivity index (χ1) is 8.34. The topological polar surface area (TPSA) is 52.6 Å². The molecule has 2 rings (SSSR count). The molecule has 0 saturated carbocycles.